The van der Waals surface area contributed by atoms with E-state index in [0.717, 1.165) is 17.0 Å². The molecule has 4 atom stereocenters. The monoisotopic (exact) mass is 352 g/mol. The molecule has 3 heterocycles. The molecular weight excluding hydrogens is 332 g/mol. The topological polar surface area (TPSA) is 66.9 Å². The standard InChI is InChI=1S/C20H20N2O4/c1-4-9-21-19(24)16-15-7-5-12-10-13(26-3)6-8-14(12)22(15)18(11(2)23)17(16)20(21)25/h4-8,10,15-18H,1,9H2,2-3H3/t15-,16+,17+,18-/m0/s1. The van der Waals surface area contributed by atoms with E-state index in [1.54, 1.807) is 7.11 Å². The number of Topliss-reactive ketones (excluding diaryl/α,β-unsaturated/α-hetero) is 1. The Kier molecular flexibility index (Phi) is 3.72. The summed E-state index contributed by atoms with van der Waals surface area (Å²) < 4.78 is 5.27. The van der Waals surface area contributed by atoms with Gasteiger partial charge in [0.1, 0.15) is 11.8 Å². The lowest BCUT2D eigenvalue weighted by Crippen LogP contribution is -2.48. The van der Waals surface area contributed by atoms with Crippen LogP contribution in [0.3, 0.4) is 0 Å². The second-order valence-electron chi connectivity index (χ2n) is 6.86. The molecule has 134 valence electrons. The van der Waals surface area contributed by atoms with Crippen molar-refractivity contribution in [1.29, 1.82) is 0 Å². The third-order valence-corrected chi connectivity index (χ3v) is 5.53. The van der Waals surface area contributed by atoms with Gasteiger partial charge in [0.25, 0.3) is 0 Å². The molecule has 3 aliphatic heterocycles. The van der Waals surface area contributed by atoms with Crippen LogP contribution in [0.15, 0.2) is 36.9 Å². The smallest absolute Gasteiger partial charge is 0.236 e. The molecule has 2 amide bonds. The Morgan fingerprint density at radius 2 is 2.00 bits per heavy atom. The molecule has 0 radical (unpaired) electrons. The lowest BCUT2D eigenvalue weighted by atomic mass is 9.88. The normalized spacial score (nSPS) is 28.7. The number of methoxy groups -OCH3 is 1. The van der Waals surface area contributed by atoms with Crippen LogP contribution in [0.1, 0.15) is 12.5 Å². The molecule has 0 N–H and O–H groups in total. The Morgan fingerprint density at radius 3 is 2.65 bits per heavy atom. The first-order valence-corrected chi connectivity index (χ1v) is 8.60. The average Bonchev–Trinajstić information content (AvgIpc) is 3.10. The first-order valence-electron chi connectivity index (χ1n) is 8.60. The number of hydrogen-bond donors (Lipinski definition) is 0. The number of carbonyl (C=O) groups excluding carboxylic acids is 3. The molecule has 3 aliphatic rings. The number of benzene rings is 1. The van der Waals surface area contributed by atoms with Gasteiger partial charge in [0.2, 0.25) is 11.8 Å². The van der Waals surface area contributed by atoms with E-state index in [2.05, 4.69) is 6.58 Å². The number of likely N-dealkylation sites (tertiary alicyclic amines) is 1. The van der Waals surface area contributed by atoms with E-state index in [9.17, 15) is 14.4 Å². The highest BCUT2D eigenvalue weighted by Gasteiger charge is 2.63. The van der Waals surface area contributed by atoms with E-state index in [1.807, 2.05) is 35.3 Å². The molecule has 26 heavy (non-hydrogen) atoms. The van der Waals surface area contributed by atoms with Crippen LogP contribution in [-0.2, 0) is 14.4 Å². The summed E-state index contributed by atoms with van der Waals surface area (Å²) in [5.74, 6) is -1.08. The summed E-state index contributed by atoms with van der Waals surface area (Å²) in [6, 6.07) is 4.65. The SMILES string of the molecule is C=CCN1C(=O)[C@@H]2[C@H](C1=O)[C@@H]1C=Cc3cc(OC)ccc3N1[C@H]2C(C)=O. The number of anilines is 1. The van der Waals surface area contributed by atoms with Crippen LogP contribution in [0.2, 0.25) is 0 Å². The van der Waals surface area contributed by atoms with Crippen molar-refractivity contribution in [3.8, 4) is 5.75 Å². The van der Waals surface area contributed by atoms with E-state index in [0.29, 0.717) is 0 Å². The van der Waals surface area contributed by atoms with Gasteiger partial charge in [-0.3, -0.25) is 19.3 Å². The first-order chi connectivity index (χ1) is 12.5. The highest BCUT2D eigenvalue weighted by Crippen LogP contribution is 2.48. The predicted octanol–water partition coefficient (Wildman–Crippen LogP) is 1.66. The second-order valence-corrected chi connectivity index (χ2v) is 6.86. The van der Waals surface area contributed by atoms with Crippen LogP contribution in [0.25, 0.3) is 6.08 Å². The lowest BCUT2D eigenvalue weighted by molar-refractivity contribution is -0.140. The molecule has 0 bridgehead atoms. The fourth-order valence-corrected chi connectivity index (χ4v) is 4.51. The molecule has 0 aromatic heterocycles. The molecular formula is C20H20N2O4. The van der Waals surface area contributed by atoms with Crippen LogP contribution >= 0.6 is 0 Å². The number of rotatable bonds is 4. The largest absolute Gasteiger partial charge is 0.497 e. The summed E-state index contributed by atoms with van der Waals surface area (Å²) in [5.41, 5.74) is 1.76. The molecule has 6 heteroatoms. The summed E-state index contributed by atoms with van der Waals surface area (Å²) in [6.07, 6.45) is 5.40. The summed E-state index contributed by atoms with van der Waals surface area (Å²) >= 11 is 0. The fourth-order valence-electron chi connectivity index (χ4n) is 4.51. The maximum absolute atomic E-state index is 12.9. The second kappa shape index (κ2) is 5.83. The maximum atomic E-state index is 12.9. The van der Waals surface area contributed by atoms with Crippen molar-refractivity contribution in [3.63, 3.8) is 0 Å². The Morgan fingerprint density at radius 1 is 1.27 bits per heavy atom. The Hall–Kier alpha value is -2.89. The van der Waals surface area contributed by atoms with E-state index < -0.39 is 17.9 Å². The first kappa shape index (κ1) is 16.6. The molecule has 1 aromatic carbocycles. The number of ether oxygens (including phenoxy) is 1. The summed E-state index contributed by atoms with van der Waals surface area (Å²) in [6.45, 7) is 5.29. The minimum absolute atomic E-state index is 0.110. The predicted molar refractivity (Wildman–Crippen MR) is 96.7 cm³/mol. The third kappa shape index (κ3) is 2.08. The van der Waals surface area contributed by atoms with Gasteiger partial charge in [-0.1, -0.05) is 18.2 Å². The zero-order valence-electron chi connectivity index (χ0n) is 14.7. The molecule has 0 spiro atoms. The number of amides is 2. The molecule has 2 saturated heterocycles. The molecule has 1 aromatic rings. The third-order valence-electron chi connectivity index (χ3n) is 5.53. The van der Waals surface area contributed by atoms with Crippen molar-refractivity contribution in [2.24, 2.45) is 11.8 Å². The van der Waals surface area contributed by atoms with Crippen LogP contribution < -0.4 is 9.64 Å². The Bertz CT molecular complexity index is 859. The maximum Gasteiger partial charge on any atom is 0.236 e. The van der Waals surface area contributed by atoms with E-state index in [4.69, 9.17) is 4.74 Å². The van der Waals surface area contributed by atoms with Crippen LogP contribution in [0.5, 0.6) is 5.75 Å². The number of imide groups is 1. The highest BCUT2D eigenvalue weighted by molar-refractivity contribution is 6.11. The summed E-state index contributed by atoms with van der Waals surface area (Å²) in [7, 11) is 1.60. The quantitative estimate of drug-likeness (QED) is 0.609. The van der Waals surface area contributed by atoms with Crippen molar-refractivity contribution in [2.45, 2.75) is 19.0 Å². The van der Waals surface area contributed by atoms with Gasteiger partial charge in [0.15, 0.2) is 5.78 Å². The number of hydrogen-bond acceptors (Lipinski definition) is 5. The van der Waals surface area contributed by atoms with Gasteiger partial charge in [-0.15, -0.1) is 6.58 Å². The van der Waals surface area contributed by atoms with Gasteiger partial charge in [-0.25, -0.2) is 0 Å². The van der Waals surface area contributed by atoms with Crippen LogP contribution in [0.4, 0.5) is 5.69 Å². The van der Waals surface area contributed by atoms with E-state index >= 15 is 0 Å². The van der Waals surface area contributed by atoms with Gasteiger partial charge in [-0.2, -0.15) is 0 Å². The Labute approximate surface area is 151 Å². The van der Waals surface area contributed by atoms with Gasteiger partial charge in [0, 0.05) is 17.8 Å². The van der Waals surface area contributed by atoms with Crippen molar-refractivity contribution >= 4 is 29.4 Å². The highest BCUT2D eigenvalue weighted by atomic mass is 16.5. The molecule has 6 nitrogen and oxygen atoms in total. The average molecular weight is 352 g/mol. The number of ketones is 1. The zero-order chi connectivity index (χ0) is 18.6. The Balaban J connectivity index is 1.83. The molecule has 0 saturated carbocycles. The number of fused-ring (bicyclic) bond motifs is 5. The minimum Gasteiger partial charge on any atom is -0.497 e. The van der Waals surface area contributed by atoms with Gasteiger partial charge in [0.05, 0.1) is 25.0 Å². The fraction of sp³-hybridized carbons (Fsp3) is 0.350. The molecule has 0 aliphatic carbocycles. The molecule has 4 rings (SSSR count). The molecule has 2 fully saturated rings. The molecule has 0 unspecified atom stereocenters. The van der Waals surface area contributed by atoms with Gasteiger partial charge < -0.3 is 9.64 Å². The van der Waals surface area contributed by atoms with E-state index in [-0.39, 0.29) is 30.2 Å². The van der Waals surface area contributed by atoms with Crippen molar-refractivity contribution in [1.82, 2.24) is 4.90 Å². The summed E-state index contributed by atoms with van der Waals surface area (Å²) in [5, 5.41) is 0. The van der Waals surface area contributed by atoms with Crippen molar-refractivity contribution in [2.75, 3.05) is 18.6 Å². The minimum atomic E-state index is -0.650. The van der Waals surface area contributed by atoms with Crippen LogP contribution in [0, 0.1) is 11.8 Å². The van der Waals surface area contributed by atoms with Crippen molar-refractivity contribution in [3.05, 3.63) is 42.5 Å². The number of nitrogens with zero attached hydrogens (tertiary/aromatic N) is 2. The van der Waals surface area contributed by atoms with Crippen molar-refractivity contribution < 1.29 is 19.1 Å². The van der Waals surface area contributed by atoms with E-state index in [1.165, 1.54) is 17.9 Å². The van der Waals surface area contributed by atoms with Gasteiger partial charge in [-0.05, 0) is 25.1 Å². The summed E-state index contributed by atoms with van der Waals surface area (Å²) in [4.78, 5) is 41.4. The van der Waals surface area contributed by atoms with Gasteiger partial charge >= 0.3 is 0 Å². The lowest BCUT2D eigenvalue weighted by Gasteiger charge is -2.36. The number of carbonyl (C=O) groups is 3. The van der Waals surface area contributed by atoms with Crippen LogP contribution in [-0.4, -0.2) is 48.2 Å². The zero-order valence-corrected chi connectivity index (χ0v) is 14.7.